The number of alkyl halides is 2. The Morgan fingerprint density at radius 2 is 1.95 bits per heavy atom. The third-order valence-corrected chi connectivity index (χ3v) is 3.10. The molecule has 1 rings (SSSR count). The molecule has 0 aliphatic rings. The number of hydrogen-bond acceptors (Lipinski definition) is 2. The van der Waals surface area contributed by atoms with Gasteiger partial charge in [-0.1, -0.05) is 28.1 Å². The number of carbonyl (C=O) groups is 1. The molecule has 3 nitrogen and oxygen atoms in total. The van der Waals surface area contributed by atoms with Gasteiger partial charge in [-0.15, -0.1) is 13.2 Å². The highest BCUT2D eigenvalue weighted by molar-refractivity contribution is 9.10. The lowest BCUT2D eigenvalue weighted by molar-refractivity contribution is -0.124. The van der Waals surface area contributed by atoms with Crippen molar-refractivity contribution in [2.24, 2.45) is 0 Å². The molecule has 0 aliphatic heterocycles. The van der Waals surface area contributed by atoms with Crippen LogP contribution in [0.3, 0.4) is 0 Å². The second-order valence-corrected chi connectivity index (χ2v) is 5.13. The minimum Gasteiger partial charge on any atom is -0.434 e. The van der Waals surface area contributed by atoms with Crippen LogP contribution in [0.1, 0.15) is 5.56 Å². The van der Waals surface area contributed by atoms with E-state index < -0.39 is 6.61 Å². The van der Waals surface area contributed by atoms with Crippen molar-refractivity contribution in [1.82, 2.24) is 4.90 Å². The topological polar surface area (TPSA) is 29.5 Å². The summed E-state index contributed by atoms with van der Waals surface area (Å²) in [6.07, 6.45) is 5.93. The van der Waals surface area contributed by atoms with Gasteiger partial charge in [-0.25, -0.2) is 0 Å². The molecule has 0 radical (unpaired) electrons. The molecule has 0 unspecified atom stereocenters. The first-order chi connectivity index (χ1) is 10.5. The minimum atomic E-state index is -2.93. The summed E-state index contributed by atoms with van der Waals surface area (Å²) in [6, 6.07) is 4.58. The molecule has 1 amide bonds. The van der Waals surface area contributed by atoms with E-state index in [-0.39, 0.29) is 11.7 Å². The van der Waals surface area contributed by atoms with Crippen LogP contribution in [0.4, 0.5) is 8.78 Å². The second kappa shape index (κ2) is 9.15. The van der Waals surface area contributed by atoms with Gasteiger partial charge in [0.25, 0.3) is 0 Å². The molecule has 22 heavy (non-hydrogen) atoms. The van der Waals surface area contributed by atoms with E-state index in [4.69, 9.17) is 0 Å². The summed E-state index contributed by atoms with van der Waals surface area (Å²) in [5, 5.41) is 0. The maximum atomic E-state index is 12.4. The maximum absolute atomic E-state index is 12.4. The van der Waals surface area contributed by atoms with E-state index in [1.54, 1.807) is 24.3 Å². The molecule has 118 valence electrons. The molecule has 0 spiro atoms. The third-order valence-electron chi connectivity index (χ3n) is 2.60. The third kappa shape index (κ3) is 5.81. The fourth-order valence-electron chi connectivity index (χ4n) is 1.69. The van der Waals surface area contributed by atoms with E-state index in [0.717, 1.165) is 0 Å². The Morgan fingerprint density at radius 1 is 1.32 bits per heavy atom. The summed E-state index contributed by atoms with van der Waals surface area (Å²) in [5.74, 6) is -0.274. The Kier molecular flexibility index (Phi) is 7.52. The zero-order valence-corrected chi connectivity index (χ0v) is 13.4. The van der Waals surface area contributed by atoms with Crippen molar-refractivity contribution in [2.45, 2.75) is 6.61 Å². The SMILES string of the molecule is C=CCN(CC=C)C(=O)/C=C/c1cc(Br)ccc1OC(F)F. The van der Waals surface area contributed by atoms with Crippen LogP contribution in [-0.4, -0.2) is 30.5 Å². The second-order valence-electron chi connectivity index (χ2n) is 4.21. The van der Waals surface area contributed by atoms with Crippen molar-refractivity contribution < 1.29 is 18.3 Å². The van der Waals surface area contributed by atoms with Gasteiger partial charge in [-0.2, -0.15) is 8.78 Å². The number of nitrogens with zero attached hydrogens (tertiary/aromatic N) is 1. The molecule has 0 saturated carbocycles. The van der Waals surface area contributed by atoms with Gasteiger partial charge in [0, 0.05) is 29.2 Å². The fraction of sp³-hybridized carbons (Fsp3) is 0.188. The van der Waals surface area contributed by atoms with Crippen LogP contribution in [0, 0.1) is 0 Å². The maximum Gasteiger partial charge on any atom is 0.387 e. The number of ether oxygens (including phenoxy) is 1. The van der Waals surface area contributed by atoms with E-state index in [2.05, 4.69) is 33.8 Å². The smallest absolute Gasteiger partial charge is 0.387 e. The molecule has 0 aliphatic carbocycles. The first-order valence-corrected chi connectivity index (χ1v) is 7.20. The van der Waals surface area contributed by atoms with Crippen molar-refractivity contribution in [3.8, 4) is 5.75 Å². The number of hydrogen-bond donors (Lipinski definition) is 0. The summed E-state index contributed by atoms with van der Waals surface area (Å²) in [4.78, 5) is 13.6. The van der Waals surface area contributed by atoms with Gasteiger partial charge < -0.3 is 9.64 Å². The van der Waals surface area contributed by atoms with Crippen LogP contribution >= 0.6 is 15.9 Å². The molecule has 0 fully saturated rings. The van der Waals surface area contributed by atoms with E-state index in [9.17, 15) is 13.6 Å². The lowest BCUT2D eigenvalue weighted by Gasteiger charge is -2.17. The van der Waals surface area contributed by atoms with Crippen LogP contribution < -0.4 is 4.74 Å². The van der Waals surface area contributed by atoms with Crippen molar-refractivity contribution in [1.29, 1.82) is 0 Å². The molecule has 0 atom stereocenters. The molecule has 0 heterocycles. The lowest BCUT2D eigenvalue weighted by Crippen LogP contribution is -2.29. The summed E-state index contributed by atoms with van der Waals surface area (Å²) in [6.45, 7) is 4.97. The molecule has 0 aromatic heterocycles. The number of amides is 1. The summed E-state index contributed by atoms with van der Waals surface area (Å²) in [5.41, 5.74) is 0.375. The Hall–Kier alpha value is -1.95. The van der Waals surface area contributed by atoms with E-state index in [1.165, 1.54) is 23.1 Å². The molecule has 1 aromatic rings. The Labute approximate surface area is 136 Å². The Balaban J connectivity index is 2.96. The highest BCUT2D eigenvalue weighted by Crippen LogP contribution is 2.26. The lowest BCUT2D eigenvalue weighted by atomic mass is 10.2. The predicted molar refractivity (Wildman–Crippen MR) is 86.8 cm³/mol. The predicted octanol–water partition coefficient (Wildman–Crippen LogP) is 4.26. The van der Waals surface area contributed by atoms with E-state index in [1.807, 2.05) is 0 Å². The van der Waals surface area contributed by atoms with Crippen molar-refractivity contribution in [2.75, 3.05) is 13.1 Å². The Morgan fingerprint density at radius 3 is 2.50 bits per heavy atom. The molecule has 6 heteroatoms. The van der Waals surface area contributed by atoms with Gasteiger partial charge in [0.05, 0.1) is 0 Å². The van der Waals surface area contributed by atoms with E-state index >= 15 is 0 Å². The van der Waals surface area contributed by atoms with Gasteiger partial charge >= 0.3 is 6.61 Å². The number of carbonyl (C=O) groups excluding carboxylic acids is 1. The molecular weight excluding hydrogens is 356 g/mol. The molecule has 0 bridgehead atoms. The van der Waals surface area contributed by atoms with Crippen LogP contribution in [0.2, 0.25) is 0 Å². The van der Waals surface area contributed by atoms with Crippen molar-refractivity contribution >= 4 is 27.9 Å². The van der Waals surface area contributed by atoms with Gasteiger partial charge in [-0.3, -0.25) is 4.79 Å². The standard InChI is InChI=1S/C16H16BrF2NO2/c1-3-9-20(10-4-2)15(21)8-5-12-11-13(17)6-7-14(12)22-16(18)19/h3-8,11,16H,1-2,9-10H2/b8-5+. The van der Waals surface area contributed by atoms with Crippen LogP contribution in [0.15, 0.2) is 54.1 Å². The Bertz CT molecular complexity index is 563. The van der Waals surface area contributed by atoms with E-state index in [0.29, 0.717) is 23.1 Å². The number of rotatable bonds is 8. The first kappa shape index (κ1) is 18.1. The quantitative estimate of drug-likeness (QED) is 0.504. The monoisotopic (exact) mass is 371 g/mol. The van der Waals surface area contributed by atoms with Crippen molar-refractivity contribution in [3.63, 3.8) is 0 Å². The summed E-state index contributed by atoms with van der Waals surface area (Å²) in [7, 11) is 0. The molecule has 1 aromatic carbocycles. The zero-order valence-electron chi connectivity index (χ0n) is 11.8. The molecular formula is C16H16BrF2NO2. The van der Waals surface area contributed by atoms with Gasteiger partial charge in [-0.05, 0) is 24.3 Å². The number of benzene rings is 1. The first-order valence-electron chi connectivity index (χ1n) is 6.41. The molecule has 0 saturated heterocycles. The minimum absolute atomic E-state index is 0.00115. The van der Waals surface area contributed by atoms with Crippen LogP contribution in [0.25, 0.3) is 6.08 Å². The highest BCUT2D eigenvalue weighted by atomic mass is 79.9. The van der Waals surface area contributed by atoms with Crippen LogP contribution in [-0.2, 0) is 4.79 Å². The number of halogens is 3. The zero-order chi connectivity index (χ0) is 16.5. The molecule has 0 N–H and O–H groups in total. The summed E-state index contributed by atoms with van der Waals surface area (Å²) >= 11 is 3.25. The normalized spacial score (nSPS) is 10.7. The summed E-state index contributed by atoms with van der Waals surface area (Å²) < 4.78 is 29.9. The largest absolute Gasteiger partial charge is 0.434 e. The fourth-order valence-corrected chi connectivity index (χ4v) is 2.06. The van der Waals surface area contributed by atoms with Gasteiger partial charge in [0.1, 0.15) is 5.75 Å². The van der Waals surface area contributed by atoms with Gasteiger partial charge in [0.15, 0.2) is 0 Å². The average Bonchev–Trinajstić information content (AvgIpc) is 2.46. The van der Waals surface area contributed by atoms with Crippen molar-refractivity contribution in [3.05, 3.63) is 59.6 Å². The highest BCUT2D eigenvalue weighted by Gasteiger charge is 2.10. The van der Waals surface area contributed by atoms with Crippen LogP contribution in [0.5, 0.6) is 5.75 Å². The van der Waals surface area contributed by atoms with Gasteiger partial charge in [0.2, 0.25) is 5.91 Å². The average molecular weight is 372 g/mol.